The van der Waals surface area contributed by atoms with Gasteiger partial charge in [-0.05, 0) is 37.7 Å². The van der Waals surface area contributed by atoms with E-state index in [4.69, 9.17) is 4.74 Å². The summed E-state index contributed by atoms with van der Waals surface area (Å²) in [5.41, 5.74) is 2.44. The molecule has 0 N–H and O–H groups in total. The maximum absolute atomic E-state index is 12.9. The van der Waals surface area contributed by atoms with Gasteiger partial charge in [0, 0.05) is 5.92 Å². The Morgan fingerprint density at radius 2 is 2.04 bits per heavy atom. The van der Waals surface area contributed by atoms with Crippen molar-refractivity contribution in [2.24, 2.45) is 11.8 Å². The molecule has 3 rings (SSSR count). The SMILES string of the molecule is CC1=CCC(C(=O)N2C(=O)OCC2Cc2ccccc2)C(C)C1. The van der Waals surface area contributed by atoms with Crippen molar-refractivity contribution in [2.45, 2.75) is 39.2 Å². The zero-order valence-electron chi connectivity index (χ0n) is 13.7. The van der Waals surface area contributed by atoms with Gasteiger partial charge in [0.2, 0.25) is 5.91 Å². The number of carbonyl (C=O) groups excluding carboxylic acids is 2. The fourth-order valence-electron chi connectivity index (χ4n) is 3.58. The first-order chi connectivity index (χ1) is 11.1. The molecule has 3 unspecified atom stereocenters. The van der Waals surface area contributed by atoms with Gasteiger partial charge in [-0.3, -0.25) is 4.79 Å². The number of cyclic esters (lactones) is 1. The van der Waals surface area contributed by atoms with Crippen LogP contribution >= 0.6 is 0 Å². The summed E-state index contributed by atoms with van der Waals surface area (Å²) in [5.74, 6) is 0.0607. The van der Waals surface area contributed by atoms with Crippen molar-refractivity contribution in [1.29, 1.82) is 0 Å². The number of carbonyl (C=O) groups is 2. The number of hydrogen-bond donors (Lipinski definition) is 0. The van der Waals surface area contributed by atoms with Crippen LogP contribution < -0.4 is 0 Å². The van der Waals surface area contributed by atoms with E-state index in [0.29, 0.717) is 12.8 Å². The van der Waals surface area contributed by atoms with Gasteiger partial charge in [-0.25, -0.2) is 9.69 Å². The Hall–Kier alpha value is -2.10. The third kappa shape index (κ3) is 3.31. The highest BCUT2D eigenvalue weighted by molar-refractivity contribution is 5.95. The van der Waals surface area contributed by atoms with Crippen molar-refractivity contribution < 1.29 is 14.3 Å². The number of rotatable bonds is 3. The lowest BCUT2D eigenvalue weighted by Crippen LogP contribution is -2.45. The maximum atomic E-state index is 12.9. The van der Waals surface area contributed by atoms with Crippen LogP contribution in [0.5, 0.6) is 0 Å². The summed E-state index contributed by atoms with van der Waals surface area (Å²) >= 11 is 0. The van der Waals surface area contributed by atoms with E-state index >= 15 is 0 Å². The van der Waals surface area contributed by atoms with Crippen LogP contribution in [0.4, 0.5) is 4.79 Å². The number of benzene rings is 1. The van der Waals surface area contributed by atoms with Gasteiger partial charge in [0.25, 0.3) is 0 Å². The van der Waals surface area contributed by atoms with Crippen molar-refractivity contribution in [3.8, 4) is 0 Å². The molecule has 0 spiro atoms. The van der Waals surface area contributed by atoms with Crippen molar-refractivity contribution in [3.05, 3.63) is 47.5 Å². The molecule has 0 radical (unpaired) electrons. The molecule has 0 saturated carbocycles. The average Bonchev–Trinajstić information content (AvgIpc) is 2.88. The van der Waals surface area contributed by atoms with Crippen LogP contribution in [0.25, 0.3) is 0 Å². The van der Waals surface area contributed by atoms with Gasteiger partial charge >= 0.3 is 6.09 Å². The molecule has 1 aliphatic heterocycles. The lowest BCUT2D eigenvalue weighted by molar-refractivity contribution is -0.135. The highest BCUT2D eigenvalue weighted by Crippen LogP contribution is 2.32. The molecule has 0 bridgehead atoms. The zero-order valence-corrected chi connectivity index (χ0v) is 13.7. The van der Waals surface area contributed by atoms with Gasteiger partial charge in [-0.2, -0.15) is 0 Å². The molecule has 122 valence electrons. The average molecular weight is 313 g/mol. The Labute approximate surface area is 137 Å². The van der Waals surface area contributed by atoms with Crippen molar-refractivity contribution in [2.75, 3.05) is 6.61 Å². The van der Waals surface area contributed by atoms with Crippen LogP contribution in [-0.4, -0.2) is 29.5 Å². The van der Waals surface area contributed by atoms with Crippen molar-refractivity contribution in [1.82, 2.24) is 4.90 Å². The highest BCUT2D eigenvalue weighted by atomic mass is 16.6. The van der Waals surface area contributed by atoms with E-state index in [1.165, 1.54) is 10.5 Å². The molecule has 1 fully saturated rings. The molecule has 2 amide bonds. The third-order valence-electron chi connectivity index (χ3n) is 4.88. The number of imide groups is 1. The van der Waals surface area contributed by atoms with Crippen LogP contribution in [0, 0.1) is 11.8 Å². The van der Waals surface area contributed by atoms with E-state index in [2.05, 4.69) is 19.9 Å². The summed E-state index contributed by atoms with van der Waals surface area (Å²) in [4.78, 5) is 26.4. The minimum absolute atomic E-state index is 0.0790. The number of ether oxygens (including phenoxy) is 1. The predicted octanol–water partition coefficient (Wildman–Crippen LogP) is 3.57. The Balaban J connectivity index is 1.76. The third-order valence-corrected chi connectivity index (χ3v) is 4.88. The van der Waals surface area contributed by atoms with Gasteiger partial charge in [0.05, 0.1) is 6.04 Å². The summed E-state index contributed by atoms with van der Waals surface area (Å²) in [5, 5.41) is 0. The molecule has 4 nitrogen and oxygen atoms in total. The quantitative estimate of drug-likeness (QED) is 0.802. The lowest BCUT2D eigenvalue weighted by atomic mass is 9.80. The summed E-state index contributed by atoms with van der Waals surface area (Å²) in [6, 6.07) is 9.73. The number of hydrogen-bond acceptors (Lipinski definition) is 3. The minimum atomic E-state index is -0.491. The van der Waals surface area contributed by atoms with Crippen LogP contribution in [0.15, 0.2) is 42.0 Å². The van der Waals surface area contributed by atoms with E-state index in [9.17, 15) is 9.59 Å². The monoisotopic (exact) mass is 313 g/mol. The normalized spacial score (nSPS) is 27.6. The zero-order chi connectivity index (χ0) is 16.4. The maximum Gasteiger partial charge on any atom is 0.416 e. The van der Waals surface area contributed by atoms with Crippen molar-refractivity contribution in [3.63, 3.8) is 0 Å². The van der Waals surface area contributed by atoms with Gasteiger partial charge < -0.3 is 4.74 Å². The lowest BCUT2D eigenvalue weighted by Gasteiger charge is -2.30. The first-order valence-electron chi connectivity index (χ1n) is 8.25. The molecule has 1 aromatic carbocycles. The van der Waals surface area contributed by atoms with E-state index in [1.807, 2.05) is 30.3 Å². The Morgan fingerprint density at radius 1 is 1.30 bits per heavy atom. The molecule has 0 aromatic heterocycles. The van der Waals surface area contributed by atoms with Crippen LogP contribution in [0.3, 0.4) is 0 Å². The molecule has 1 aliphatic carbocycles. The molecule has 1 saturated heterocycles. The van der Waals surface area contributed by atoms with Gasteiger partial charge in [0.1, 0.15) is 6.61 Å². The predicted molar refractivity (Wildman–Crippen MR) is 87.8 cm³/mol. The van der Waals surface area contributed by atoms with E-state index in [-0.39, 0.29) is 30.4 Å². The number of amides is 2. The Bertz CT molecular complexity index is 623. The summed E-state index contributed by atoms with van der Waals surface area (Å²) < 4.78 is 5.17. The van der Waals surface area contributed by atoms with Crippen LogP contribution in [0.1, 0.15) is 32.3 Å². The van der Waals surface area contributed by atoms with E-state index in [1.54, 1.807) is 0 Å². The number of nitrogens with zero attached hydrogens (tertiary/aromatic N) is 1. The second-order valence-electron chi connectivity index (χ2n) is 6.70. The molecule has 1 aromatic rings. The fourth-order valence-corrected chi connectivity index (χ4v) is 3.58. The topological polar surface area (TPSA) is 46.6 Å². The first-order valence-corrected chi connectivity index (χ1v) is 8.25. The van der Waals surface area contributed by atoms with Gasteiger partial charge in [0.15, 0.2) is 0 Å². The molecular weight excluding hydrogens is 290 g/mol. The van der Waals surface area contributed by atoms with Crippen molar-refractivity contribution >= 4 is 12.0 Å². The fraction of sp³-hybridized carbons (Fsp3) is 0.474. The molecule has 2 aliphatic rings. The van der Waals surface area contributed by atoms with Crippen LogP contribution in [0.2, 0.25) is 0 Å². The standard InChI is InChI=1S/C19H23NO3/c1-13-8-9-17(14(2)10-13)18(21)20-16(12-23-19(20)22)11-15-6-4-3-5-7-15/h3-8,14,16-17H,9-12H2,1-2H3. The summed E-state index contributed by atoms with van der Waals surface area (Å²) in [6.07, 6.45) is 3.91. The Morgan fingerprint density at radius 3 is 2.74 bits per heavy atom. The van der Waals surface area contributed by atoms with E-state index in [0.717, 1.165) is 12.0 Å². The second kappa shape index (κ2) is 6.57. The second-order valence-corrected chi connectivity index (χ2v) is 6.70. The van der Waals surface area contributed by atoms with Gasteiger partial charge in [-0.15, -0.1) is 0 Å². The first kappa shape index (κ1) is 15.8. The molecule has 4 heteroatoms. The molecule has 23 heavy (non-hydrogen) atoms. The Kier molecular flexibility index (Phi) is 4.51. The molecule has 3 atom stereocenters. The minimum Gasteiger partial charge on any atom is -0.447 e. The molecule has 1 heterocycles. The summed E-state index contributed by atoms with van der Waals surface area (Å²) in [6.45, 7) is 4.47. The highest BCUT2D eigenvalue weighted by Gasteiger charge is 2.42. The smallest absolute Gasteiger partial charge is 0.416 e. The number of allylic oxidation sites excluding steroid dienone is 2. The molecular formula is C19H23NO3. The van der Waals surface area contributed by atoms with Gasteiger partial charge in [-0.1, -0.05) is 48.9 Å². The summed E-state index contributed by atoms with van der Waals surface area (Å²) in [7, 11) is 0. The van der Waals surface area contributed by atoms with Crippen LogP contribution in [-0.2, 0) is 16.0 Å². The largest absolute Gasteiger partial charge is 0.447 e. The van der Waals surface area contributed by atoms with E-state index < -0.39 is 6.09 Å².